The third-order valence-electron chi connectivity index (χ3n) is 2.94. The first-order valence-corrected chi connectivity index (χ1v) is 6.34. The van der Waals surface area contributed by atoms with Gasteiger partial charge in [0, 0.05) is 22.7 Å². The summed E-state index contributed by atoms with van der Waals surface area (Å²) in [5, 5.41) is 0.734. The van der Waals surface area contributed by atoms with Crippen LogP contribution in [0.1, 0.15) is 29.6 Å². The minimum Gasteiger partial charge on any atom is -0.383 e. The first-order valence-electron chi connectivity index (χ1n) is 5.96. The van der Waals surface area contributed by atoms with Crippen molar-refractivity contribution in [2.75, 3.05) is 5.73 Å². The van der Waals surface area contributed by atoms with E-state index < -0.39 is 0 Å². The van der Waals surface area contributed by atoms with Crippen molar-refractivity contribution in [3.8, 4) is 0 Å². The van der Waals surface area contributed by atoms with Gasteiger partial charge < -0.3 is 5.73 Å². The molecule has 0 amide bonds. The number of nitrogens with two attached hydrogens (primary N) is 1. The van der Waals surface area contributed by atoms with Crippen LogP contribution in [-0.4, -0.2) is 9.97 Å². The molecule has 0 unspecified atom stereocenters. The SMILES string of the molecule is CCc1nc(Cc2ccc(Cl)cc2)nc(N)c1C. The number of hydrogen-bond acceptors (Lipinski definition) is 3. The number of halogens is 1. The van der Waals surface area contributed by atoms with Crippen molar-refractivity contribution in [3.05, 3.63) is 51.9 Å². The highest BCUT2D eigenvalue weighted by Crippen LogP contribution is 2.16. The molecule has 94 valence electrons. The molecule has 1 heterocycles. The van der Waals surface area contributed by atoms with E-state index in [0.29, 0.717) is 12.2 Å². The second kappa shape index (κ2) is 5.36. The van der Waals surface area contributed by atoms with Crippen LogP contribution < -0.4 is 5.73 Å². The summed E-state index contributed by atoms with van der Waals surface area (Å²) < 4.78 is 0. The Morgan fingerprint density at radius 2 is 1.83 bits per heavy atom. The fraction of sp³-hybridized carbons (Fsp3) is 0.286. The molecule has 3 nitrogen and oxygen atoms in total. The molecule has 0 aliphatic carbocycles. The minimum absolute atomic E-state index is 0.575. The first-order chi connectivity index (χ1) is 8.60. The van der Waals surface area contributed by atoms with Gasteiger partial charge in [0.05, 0.1) is 0 Å². The van der Waals surface area contributed by atoms with Crippen LogP contribution in [-0.2, 0) is 12.8 Å². The zero-order valence-corrected chi connectivity index (χ0v) is 11.3. The Morgan fingerprint density at radius 3 is 2.44 bits per heavy atom. The normalized spacial score (nSPS) is 10.6. The number of hydrogen-bond donors (Lipinski definition) is 1. The largest absolute Gasteiger partial charge is 0.383 e. The first kappa shape index (κ1) is 12.8. The highest BCUT2D eigenvalue weighted by Gasteiger charge is 2.07. The number of nitrogen functional groups attached to an aromatic ring is 1. The van der Waals surface area contributed by atoms with Gasteiger partial charge in [-0.2, -0.15) is 0 Å². The summed E-state index contributed by atoms with van der Waals surface area (Å²) in [7, 11) is 0. The van der Waals surface area contributed by atoms with Crippen LogP contribution in [0.2, 0.25) is 5.02 Å². The van der Waals surface area contributed by atoms with E-state index in [0.717, 1.165) is 34.1 Å². The third kappa shape index (κ3) is 2.79. The van der Waals surface area contributed by atoms with Gasteiger partial charge in [-0.15, -0.1) is 0 Å². The molecule has 0 atom stereocenters. The molecule has 0 saturated heterocycles. The third-order valence-corrected chi connectivity index (χ3v) is 3.19. The molecule has 2 aromatic rings. The number of rotatable bonds is 3. The molecule has 0 bridgehead atoms. The maximum atomic E-state index is 5.90. The van der Waals surface area contributed by atoms with Crippen molar-refractivity contribution in [2.24, 2.45) is 0 Å². The summed E-state index contributed by atoms with van der Waals surface area (Å²) in [5.41, 5.74) is 9.04. The Morgan fingerprint density at radius 1 is 1.17 bits per heavy atom. The second-order valence-corrected chi connectivity index (χ2v) is 4.69. The number of aromatic nitrogens is 2. The maximum absolute atomic E-state index is 5.90. The molecule has 18 heavy (non-hydrogen) atoms. The fourth-order valence-corrected chi connectivity index (χ4v) is 1.97. The predicted molar refractivity (Wildman–Crippen MR) is 74.8 cm³/mol. The topological polar surface area (TPSA) is 51.8 Å². The second-order valence-electron chi connectivity index (χ2n) is 4.25. The highest BCUT2D eigenvalue weighted by molar-refractivity contribution is 6.30. The van der Waals surface area contributed by atoms with E-state index in [-0.39, 0.29) is 0 Å². The lowest BCUT2D eigenvalue weighted by atomic mass is 10.1. The number of anilines is 1. The van der Waals surface area contributed by atoms with Crippen LogP contribution in [0, 0.1) is 6.92 Å². The molecule has 0 fully saturated rings. The number of nitrogens with zero attached hydrogens (tertiary/aromatic N) is 2. The van der Waals surface area contributed by atoms with E-state index in [2.05, 4.69) is 16.9 Å². The van der Waals surface area contributed by atoms with Gasteiger partial charge in [-0.1, -0.05) is 30.7 Å². The average molecular weight is 262 g/mol. The van der Waals surface area contributed by atoms with E-state index in [1.807, 2.05) is 31.2 Å². The quantitative estimate of drug-likeness (QED) is 0.923. The average Bonchev–Trinajstić information content (AvgIpc) is 2.36. The Labute approximate surface area is 112 Å². The summed E-state index contributed by atoms with van der Waals surface area (Å²) in [6, 6.07) is 7.70. The van der Waals surface area contributed by atoms with Crippen molar-refractivity contribution in [1.82, 2.24) is 9.97 Å². The van der Waals surface area contributed by atoms with Crippen LogP contribution in [0.4, 0.5) is 5.82 Å². The van der Waals surface area contributed by atoms with E-state index in [9.17, 15) is 0 Å². The molecule has 0 saturated carbocycles. The monoisotopic (exact) mass is 261 g/mol. The molecule has 0 radical (unpaired) electrons. The lowest BCUT2D eigenvalue weighted by Crippen LogP contribution is -2.07. The molecule has 2 rings (SSSR count). The molecule has 4 heteroatoms. The fourth-order valence-electron chi connectivity index (χ4n) is 1.84. The summed E-state index contributed by atoms with van der Waals surface area (Å²) >= 11 is 5.86. The molecule has 1 aromatic carbocycles. The van der Waals surface area contributed by atoms with Crippen LogP contribution in [0.25, 0.3) is 0 Å². The van der Waals surface area contributed by atoms with Crippen LogP contribution >= 0.6 is 11.6 Å². The maximum Gasteiger partial charge on any atom is 0.135 e. The van der Waals surface area contributed by atoms with Gasteiger partial charge in [0.25, 0.3) is 0 Å². The molecule has 0 spiro atoms. The van der Waals surface area contributed by atoms with Crippen molar-refractivity contribution in [1.29, 1.82) is 0 Å². The van der Waals surface area contributed by atoms with Crippen molar-refractivity contribution in [2.45, 2.75) is 26.7 Å². The standard InChI is InChI=1S/C14H16ClN3/c1-3-12-9(2)14(16)18-13(17-12)8-10-4-6-11(15)7-5-10/h4-7H,3,8H2,1-2H3,(H2,16,17,18). The van der Waals surface area contributed by atoms with Crippen molar-refractivity contribution < 1.29 is 0 Å². The molecule has 1 aromatic heterocycles. The van der Waals surface area contributed by atoms with Gasteiger partial charge in [0.1, 0.15) is 11.6 Å². The summed E-state index contributed by atoms with van der Waals surface area (Å²) in [6.45, 7) is 4.03. The van der Waals surface area contributed by atoms with Gasteiger partial charge >= 0.3 is 0 Å². The van der Waals surface area contributed by atoms with E-state index >= 15 is 0 Å². The van der Waals surface area contributed by atoms with Gasteiger partial charge in [-0.05, 0) is 31.0 Å². The van der Waals surface area contributed by atoms with Gasteiger partial charge in [0.15, 0.2) is 0 Å². The minimum atomic E-state index is 0.575. The summed E-state index contributed by atoms with van der Waals surface area (Å²) in [6.07, 6.45) is 1.54. The van der Waals surface area contributed by atoms with Crippen LogP contribution in [0.3, 0.4) is 0 Å². The van der Waals surface area contributed by atoms with Gasteiger partial charge in [-0.3, -0.25) is 0 Å². The molecular weight excluding hydrogens is 246 g/mol. The zero-order valence-electron chi connectivity index (χ0n) is 10.6. The van der Waals surface area contributed by atoms with Crippen LogP contribution in [0.5, 0.6) is 0 Å². The van der Waals surface area contributed by atoms with E-state index in [1.165, 1.54) is 0 Å². The van der Waals surface area contributed by atoms with Gasteiger partial charge in [0.2, 0.25) is 0 Å². The van der Waals surface area contributed by atoms with Gasteiger partial charge in [-0.25, -0.2) is 9.97 Å². The smallest absolute Gasteiger partial charge is 0.135 e. The van der Waals surface area contributed by atoms with Crippen molar-refractivity contribution in [3.63, 3.8) is 0 Å². The lowest BCUT2D eigenvalue weighted by molar-refractivity contribution is 0.895. The Kier molecular flexibility index (Phi) is 3.82. The van der Waals surface area contributed by atoms with Crippen molar-refractivity contribution >= 4 is 17.4 Å². The lowest BCUT2D eigenvalue weighted by Gasteiger charge is -2.08. The van der Waals surface area contributed by atoms with E-state index in [4.69, 9.17) is 17.3 Å². The molecule has 2 N–H and O–H groups in total. The Balaban J connectivity index is 2.29. The Bertz CT molecular complexity index is 550. The number of benzene rings is 1. The van der Waals surface area contributed by atoms with Crippen LogP contribution in [0.15, 0.2) is 24.3 Å². The highest BCUT2D eigenvalue weighted by atomic mass is 35.5. The number of aryl methyl sites for hydroxylation is 1. The summed E-state index contributed by atoms with van der Waals surface area (Å²) in [5.74, 6) is 1.34. The Hall–Kier alpha value is -1.61. The zero-order chi connectivity index (χ0) is 13.1. The van der Waals surface area contributed by atoms with E-state index in [1.54, 1.807) is 0 Å². The molecular formula is C14H16ClN3. The predicted octanol–water partition coefficient (Wildman–Crippen LogP) is 3.17. The molecule has 0 aliphatic heterocycles. The summed E-state index contributed by atoms with van der Waals surface area (Å²) in [4.78, 5) is 8.88. The molecule has 0 aliphatic rings.